The van der Waals surface area contributed by atoms with Crippen molar-refractivity contribution in [2.24, 2.45) is 0 Å². The lowest BCUT2D eigenvalue weighted by molar-refractivity contribution is 0.590. The first kappa shape index (κ1) is 9.86. The summed E-state index contributed by atoms with van der Waals surface area (Å²) in [6, 6.07) is 0. The van der Waals surface area contributed by atoms with E-state index in [4.69, 9.17) is 11.6 Å². The molecule has 0 aliphatic carbocycles. The lowest BCUT2D eigenvalue weighted by atomic mass is 10.3. The van der Waals surface area contributed by atoms with Crippen molar-refractivity contribution in [1.82, 2.24) is 20.3 Å². The van der Waals surface area contributed by atoms with E-state index in [1.165, 1.54) is 6.33 Å². The van der Waals surface area contributed by atoms with Crippen LogP contribution < -0.4 is 10.2 Å². The van der Waals surface area contributed by atoms with E-state index in [1.54, 1.807) is 0 Å². The molecular formula is C10H12ClN5. The highest BCUT2D eigenvalue weighted by atomic mass is 35.5. The monoisotopic (exact) mass is 237 g/mol. The van der Waals surface area contributed by atoms with Gasteiger partial charge in [-0.15, -0.1) is 0 Å². The van der Waals surface area contributed by atoms with Gasteiger partial charge in [0.25, 0.3) is 0 Å². The summed E-state index contributed by atoms with van der Waals surface area (Å²) in [6.07, 6.45) is 3.43. The molecule has 84 valence electrons. The van der Waals surface area contributed by atoms with E-state index >= 15 is 0 Å². The molecule has 2 aromatic rings. The lowest BCUT2D eigenvalue weighted by Crippen LogP contribution is -2.43. The predicted octanol–water partition coefficient (Wildman–Crippen LogP) is 1.02. The number of halogens is 1. The van der Waals surface area contributed by atoms with E-state index in [0.717, 1.165) is 42.9 Å². The van der Waals surface area contributed by atoms with E-state index < -0.39 is 0 Å². The summed E-state index contributed by atoms with van der Waals surface area (Å²) < 4.78 is 0. The molecule has 0 amide bonds. The second-order valence-corrected chi connectivity index (χ2v) is 4.16. The molecule has 1 aliphatic heterocycles. The SMILES string of the molecule is Clc1ncnc2[nH]cc(N3CCNCC3)c12. The van der Waals surface area contributed by atoms with Gasteiger partial charge in [-0.3, -0.25) is 0 Å². The molecule has 1 fully saturated rings. The Bertz CT molecular complexity index is 503. The number of aromatic amines is 1. The number of fused-ring (bicyclic) bond motifs is 1. The Labute approximate surface area is 97.8 Å². The van der Waals surface area contributed by atoms with Crippen molar-refractivity contribution in [3.63, 3.8) is 0 Å². The fourth-order valence-electron chi connectivity index (χ4n) is 2.06. The van der Waals surface area contributed by atoms with Crippen LogP contribution >= 0.6 is 11.6 Å². The van der Waals surface area contributed by atoms with Crippen LogP contribution in [0.5, 0.6) is 0 Å². The molecule has 1 saturated heterocycles. The minimum Gasteiger partial charge on any atom is -0.367 e. The Morgan fingerprint density at radius 2 is 2.06 bits per heavy atom. The Hall–Kier alpha value is -1.33. The van der Waals surface area contributed by atoms with Crippen molar-refractivity contribution in [3.8, 4) is 0 Å². The standard InChI is InChI=1S/C10H12ClN5/c11-9-8-7(16-3-1-12-2-4-16)5-13-10(8)15-6-14-9/h5-6,12H,1-4H2,(H,13,14,15). The summed E-state index contributed by atoms with van der Waals surface area (Å²) in [5, 5.41) is 4.76. The minimum absolute atomic E-state index is 0.514. The number of hydrogen-bond acceptors (Lipinski definition) is 4. The van der Waals surface area contributed by atoms with Crippen LogP contribution in [-0.4, -0.2) is 41.1 Å². The van der Waals surface area contributed by atoms with Crippen LogP contribution in [0, 0.1) is 0 Å². The van der Waals surface area contributed by atoms with Gasteiger partial charge in [0, 0.05) is 32.4 Å². The van der Waals surface area contributed by atoms with Gasteiger partial charge >= 0.3 is 0 Å². The van der Waals surface area contributed by atoms with Gasteiger partial charge in [-0.05, 0) is 0 Å². The Kier molecular flexibility index (Phi) is 2.41. The number of aromatic nitrogens is 3. The molecule has 0 unspecified atom stereocenters. The molecule has 3 rings (SSSR count). The van der Waals surface area contributed by atoms with Crippen LogP contribution in [0.15, 0.2) is 12.5 Å². The first-order valence-electron chi connectivity index (χ1n) is 5.29. The summed E-state index contributed by atoms with van der Waals surface area (Å²) in [7, 11) is 0. The zero-order valence-electron chi connectivity index (χ0n) is 8.70. The predicted molar refractivity (Wildman–Crippen MR) is 64.0 cm³/mol. The van der Waals surface area contributed by atoms with Crippen LogP contribution in [0.1, 0.15) is 0 Å². The third kappa shape index (κ3) is 1.52. The molecule has 16 heavy (non-hydrogen) atoms. The van der Waals surface area contributed by atoms with E-state index in [1.807, 2.05) is 6.20 Å². The molecule has 0 aromatic carbocycles. The number of nitrogens with zero attached hydrogens (tertiary/aromatic N) is 3. The van der Waals surface area contributed by atoms with E-state index in [-0.39, 0.29) is 0 Å². The van der Waals surface area contributed by atoms with Crippen molar-refractivity contribution >= 4 is 28.3 Å². The molecule has 1 aliphatic rings. The average molecular weight is 238 g/mol. The summed E-state index contributed by atoms with van der Waals surface area (Å²) >= 11 is 6.11. The van der Waals surface area contributed by atoms with Crippen LogP contribution in [0.4, 0.5) is 5.69 Å². The highest BCUT2D eigenvalue weighted by molar-refractivity contribution is 6.35. The van der Waals surface area contributed by atoms with Crippen molar-refractivity contribution in [2.45, 2.75) is 0 Å². The number of nitrogens with one attached hydrogen (secondary N) is 2. The van der Waals surface area contributed by atoms with Crippen LogP contribution in [0.2, 0.25) is 5.15 Å². The summed E-state index contributed by atoms with van der Waals surface area (Å²) in [4.78, 5) is 13.6. The third-order valence-electron chi connectivity index (χ3n) is 2.86. The maximum Gasteiger partial charge on any atom is 0.144 e. The Balaban J connectivity index is 2.09. The van der Waals surface area contributed by atoms with Gasteiger partial charge in [0.1, 0.15) is 17.1 Å². The second-order valence-electron chi connectivity index (χ2n) is 3.80. The molecule has 0 radical (unpaired) electrons. The van der Waals surface area contributed by atoms with Crippen LogP contribution in [-0.2, 0) is 0 Å². The van der Waals surface area contributed by atoms with Gasteiger partial charge in [0.05, 0.1) is 11.1 Å². The van der Waals surface area contributed by atoms with Crippen LogP contribution in [0.3, 0.4) is 0 Å². The molecule has 2 aromatic heterocycles. The van der Waals surface area contributed by atoms with Crippen LogP contribution in [0.25, 0.3) is 11.0 Å². The normalized spacial score (nSPS) is 16.9. The minimum atomic E-state index is 0.514. The molecule has 5 nitrogen and oxygen atoms in total. The van der Waals surface area contributed by atoms with E-state index in [9.17, 15) is 0 Å². The number of hydrogen-bond donors (Lipinski definition) is 2. The molecule has 0 saturated carbocycles. The average Bonchev–Trinajstić information content (AvgIpc) is 2.75. The Morgan fingerprint density at radius 3 is 2.88 bits per heavy atom. The largest absolute Gasteiger partial charge is 0.367 e. The summed E-state index contributed by atoms with van der Waals surface area (Å²) in [6.45, 7) is 3.96. The number of H-pyrrole nitrogens is 1. The molecule has 0 atom stereocenters. The Morgan fingerprint density at radius 1 is 1.25 bits per heavy atom. The maximum atomic E-state index is 6.11. The fourth-order valence-corrected chi connectivity index (χ4v) is 2.29. The molecule has 0 bridgehead atoms. The van der Waals surface area contributed by atoms with Crippen molar-refractivity contribution in [1.29, 1.82) is 0 Å². The zero-order valence-corrected chi connectivity index (χ0v) is 9.46. The van der Waals surface area contributed by atoms with Gasteiger partial charge in [-0.2, -0.15) is 0 Å². The van der Waals surface area contributed by atoms with Gasteiger partial charge in [-0.1, -0.05) is 11.6 Å². The third-order valence-corrected chi connectivity index (χ3v) is 3.15. The van der Waals surface area contributed by atoms with E-state index in [0.29, 0.717) is 5.15 Å². The van der Waals surface area contributed by atoms with Gasteiger partial charge in [0.2, 0.25) is 0 Å². The lowest BCUT2D eigenvalue weighted by Gasteiger charge is -2.28. The molecular weight excluding hydrogens is 226 g/mol. The molecule has 6 heteroatoms. The first-order valence-corrected chi connectivity index (χ1v) is 5.67. The van der Waals surface area contributed by atoms with Gasteiger partial charge < -0.3 is 15.2 Å². The highest BCUT2D eigenvalue weighted by Gasteiger charge is 2.17. The van der Waals surface area contributed by atoms with E-state index in [2.05, 4.69) is 25.2 Å². The first-order chi connectivity index (χ1) is 7.86. The van der Waals surface area contributed by atoms with Gasteiger partial charge in [-0.25, -0.2) is 9.97 Å². The highest BCUT2D eigenvalue weighted by Crippen LogP contribution is 2.30. The van der Waals surface area contributed by atoms with Crippen molar-refractivity contribution < 1.29 is 0 Å². The number of piperazine rings is 1. The fraction of sp³-hybridized carbons (Fsp3) is 0.400. The topological polar surface area (TPSA) is 56.8 Å². The van der Waals surface area contributed by atoms with Crippen molar-refractivity contribution in [3.05, 3.63) is 17.7 Å². The second kappa shape index (κ2) is 3.92. The molecule has 2 N–H and O–H groups in total. The quantitative estimate of drug-likeness (QED) is 0.728. The maximum absolute atomic E-state index is 6.11. The summed E-state index contributed by atoms with van der Waals surface area (Å²) in [5.74, 6) is 0. The molecule has 3 heterocycles. The smallest absolute Gasteiger partial charge is 0.144 e. The summed E-state index contributed by atoms with van der Waals surface area (Å²) in [5.41, 5.74) is 1.90. The van der Waals surface area contributed by atoms with Gasteiger partial charge in [0.15, 0.2) is 0 Å². The number of rotatable bonds is 1. The zero-order chi connectivity index (χ0) is 11.0. The molecule has 0 spiro atoms. The van der Waals surface area contributed by atoms with Crippen molar-refractivity contribution in [2.75, 3.05) is 31.1 Å². The number of anilines is 1.